The second-order valence-electron chi connectivity index (χ2n) is 7.55. The first-order chi connectivity index (χ1) is 12.3. The Balaban J connectivity index is 1.58. The van der Waals surface area contributed by atoms with Crippen LogP contribution in [0.15, 0.2) is 34.7 Å². The van der Waals surface area contributed by atoms with Gasteiger partial charge in [-0.1, -0.05) is 25.8 Å². The number of aryl methyl sites for hydroxylation is 1. The summed E-state index contributed by atoms with van der Waals surface area (Å²) < 4.78 is 44.2. The van der Waals surface area contributed by atoms with Crippen molar-refractivity contribution in [1.82, 2.24) is 5.32 Å². The van der Waals surface area contributed by atoms with Crippen molar-refractivity contribution in [2.24, 2.45) is 11.8 Å². The van der Waals surface area contributed by atoms with Crippen LogP contribution in [0.3, 0.4) is 0 Å². The third-order valence-corrected chi connectivity index (χ3v) is 5.35. The molecule has 1 fully saturated rings. The molecule has 0 spiro atoms. The molecule has 0 saturated heterocycles. The normalized spacial score (nSPS) is 21.1. The maximum atomic E-state index is 12.8. The first kappa shape index (κ1) is 19.0. The second kappa shape index (κ2) is 7.87. The van der Waals surface area contributed by atoms with E-state index in [0.717, 1.165) is 30.2 Å². The van der Waals surface area contributed by atoms with E-state index in [4.69, 9.17) is 4.42 Å². The lowest BCUT2D eigenvalue weighted by Gasteiger charge is -2.26. The van der Waals surface area contributed by atoms with Crippen LogP contribution in [-0.4, -0.2) is 6.54 Å². The molecule has 1 heterocycles. The summed E-state index contributed by atoms with van der Waals surface area (Å²) >= 11 is 0. The number of hydrogen-bond acceptors (Lipinski definition) is 2. The highest BCUT2D eigenvalue weighted by molar-refractivity contribution is 5.62. The van der Waals surface area contributed by atoms with Crippen LogP contribution < -0.4 is 5.32 Å². The van der Waals surface area contributed by atoms with E-state index in [1.54, 1.807) is 6.92 Å². The van der Waals surface area contributed by atoms with Gasteiger partial charge in [-0.05, 0) is 68.0 Å². The molecular weight excluding hydrogens is 339 g/mol. The van der Waals surface area contributed by atoms with Gasteiger partial charge in [-0.3, -0.25) is 0 Å². The van der Waals surface area contributed by atoms with Gasteiger partial charge in [-0.15, -0.1) is 0 Å². The molecule has 3 rings (SSSR count). The van der Waals surface area contributed by atoms with Gasteiger partial charge in [-0.2, -0.15) is 13.2 Å². The van der Waals surface area contributed by atoms with Crippen molar-refractivity contribution < 1.29 is 17.6 Å². The number of halogens is 3. The molecule has 1 aromatic carbocycles. The maximum absolute atomic E-state index is 12.8. The fraction of sp³-hybridized carbons (Fsp3) is 0.524. The number of alkyl halides is 3. The Kier molecular flexibility index (Phi) is 5.76. The van der Waals surface area contributed by atoms with Crippen LogP contribution in [0.1, 0.15) is 49.5 Å². The summed E-state index contributed by atoms with van der Waals surface area (Å²) in [5, 5.41) is 3.45. The first-order valence-corrected chi connectivity index (χ1v) is 9.30. The van der Waals surface area contributed by atoms with Crippen molar-refractivity contribution in [2.75, 3.05) is 6.54 Å². The van der Waals surface area contributed by atoms with Gasteiger partial charge in [0.25, 0.3) is 0 Å². The fourth-order valence-electron chi connectivity index (χ4n) is 3.67. The third kappa shape index (κ3) is 4.70. The molecule has 1 saturated carbocycles. The lowest BCUT2D eigenvalue weighted by Crippen LogP contribution is -2.25. The Labute approximate surface area is 152 Å². The van der Waals surface area contributed by atoms with Crippen molar-refractivity contribution in [2.45, 2.75) is 52.3 Å². The number of nitrogens with one attached hydrogen (secondary N) is 1. The van der Waals surface area contributed by atoms with E-state index < -0.39 is 11.7 Å². The van der Waals surface area contributed by atoms with Gasteiger partial charge in [-0.25, -0.2) is 0 Å². The summed E-state index contributed by atoms with van der Waals surface area (Å²) in [6.07, 6.45) is 0.859. The lowest BCUT2D eigenvalue weighted by atomic mass is 9.83. The summed E-state index contributed by atoms with van der Waals surface area (Å²) in [4.78, 5) is 0. The van der Waals surface area contributed by atoms with Gasteiger partial charge in [0.1, 0.15) is 11.5 Å². The Morgan fingerprint density at radius 3 is 2.46 bits per heavy atom. The van der Waals surface area contributed by atoms with E-state index in [0.29, 0.717) is 23.4 Å². The zero-order valence-electron chi connectivity index (χ0n) is 15.3. The van der Waals surface area contributed by atoms with E-state index >= 15 is 0 Å². The summed E-state index contributed by atoms with van der Waals surface area (Å²) in [6, 6.07) is 7.47. The van der Waals surface area contributed by atoms with Gasteiger partial charge in [0.2, 0.25) is 0 Å². The largest absolute Gasteiger partial charge is 0.460 e. The highest BCUT2D eigenvalue weighted by Crippen LogP contribution is 2.33. The molecule has 2 nitrogen and oxygen atoms in total. The molecule has 1 N–H and O–H groups in total. The van der Waals surface area contributed by atoms with E-state index in [1.807, 2.05) is 12.1 Å². The first-order valence-electron chi connectivity index (χ1n) is 9.30. The Bertz CT molecular complexity index is 727. The van der Waals surface area contributed by atoms with Crippen LogP contribution in [0.5, 0.6) is 0 Å². The minimum Gasteiger partial charge on any atom is -0.460 e. The lowest BCUT2D eigenvalue weighted by molar-refractivity contribution is -0.137. The van der Waals surface area contributed by atoms with Crippen molar-refractivity contribution >= 4 is 0 Å². The molecule has 0 amide bonds. The van der Waals surface area contributed by atoms with E-state index in [-0.39, 0.29) is 0 Å². The van der Waals surface area contributed by atoms with Crippen molar-refractivity contribution in [3.8, 4) is 11.3 Å². The smallest absolute Gasteiger partial charge is 0.416 e. The zero-order chi connectivity index (χ0) is 18.7. The Morgan fingerprint density at radius 2 is 1.81 bits per heavy atom. The average Bonchev–Trinajstić information content (AvgIpc) is 3.04. The molecule has 26 heavy (non-hydrogen) atoms. The summed E-state index contributed by atoms with van der Waals surface area (Å²) in [7, 11) is 0. The van der Waals surface area contributed by atoms with Gasteiger partial charge >= 0.3 is 6.18 Å². The van der Waals surface area contributed by atoms with Gasteiger partial charge < -0.3 is 9.73 Å². The van der Waals surface area contributed by atoms with Crippen LogP contribution in [0.4, 0.5) is 13.2 Å². The number of rotatable bonds is 5. The molecule has 5 heteroatoms. The molecule has 0 aliphatic heterocycles. The summed E-state index contributed by atoms with van der Waals surface area (Å²) in [5.74, 6) is 3.01. The van der Waals surface area contributed by atoms with E-state index in [1.165, 1.54) is 37.8 Å². The van der Waals surface area contributed by atoms with Gasteiger partial charge in [0, 0.05) is 5.56 Å². The van der Waals surface area contributed by atoms with Crippen molar-refractivity contribution in [3.05, 3.63) is 47.2 Å². The maximum Gasteiger partial charge on any atom is 0.416 e. The molecule has 1 aromatic heterocycles. The molecule has 1 aliphatic carbocycles. The number of furan rings is 1. The predicted octanol–water partition coefficient (Wildman–Crippen LogP) is 6.19. The van der Waals surface area contributed by atoms with Gasteiger partial charge in [0.05, 0.1) is 12.1 Å². The molecule has 1 aliphatic rings. The van der Waals surface area contributed by atoms with Crippen LogP contribution >= 0.6 is 0 Å². The molecule has 0 radical (unpaired) electrons. The molecule has 2 aromatic rings. The summed E-state index contributed by atoms with van der Waals surface area (Å²) in [6.45, 7) is 5.63. The number of benzene rings is 1. The molecular formula is C21H26F3NO. The third-order valence-electron chi connectivity index (χ3n) is 5.35. The van der Waals surface area contributed by atoms with Crippen LogP contribution in [0, 0.1) is 18.8 Å². The van der Waals surface area contributed by atoms with E-state index in [2.05, 4.69) is 12.2 Å². The highest BCUT2D eigenvalue weighted by Gasteiger charge is 2.30. The summed E-state index contributed by atoms with van der Waals surface area (Å²) in [5.41, 5.74) is 0.629. The molecule has 0 bridgehead atoms. The monoisotopic (exact) mass is 365 g/mol. The zero-order valence-corrected chi connectivity index (χ0v) is 15.3. The minimum absolute atomic E-state index is 0.560. The SMILES string of the molecule is Cc1cc(C(F)(F)F)ccc1-c1ccc(CNCC2CCC(C)CC2)o1. The Morgan fingerprint density at radius 1 is 1.08 bits per heavy atom. The topological polar surface area (TPSA) is 25.2 Å². The molecule has 142 valence electrons. The minimum atomic E-state index is -4.32. The molecule has 0 unspecified atom stereocenters. The molecule has 0 atom stereocenters. The number of hydrogen-bond donors (Lipinski definition) is 1. The highest BCUT2D eigenvalue weighted by atomic mass is 19.4. The Hall–Kier alpha value is -1.75. The van der Waals surface area contributed by atoms with Crippen molar-refractivity contribution in [1.29, 1.82) is 0 Å². The van der Waals surface area contributed by atoms with Crippen LogP contribution in [0.25, 0.3) is 11.3 Å². The van der Waals surface area contributed by atoms with E-state index in [9.17, 15) is 13.2 Å². The average molecular weight is 365 g/mol. The van der Waals surface area contributed by atoms with Gasteiger partial charge in [0.15, 0.2) is 0 Å². The fourth-order valence-corrected chi connectivity index (χ4v) is 3.67. The van der Waals surface area contributed by atoms with Crippen LogP contribution in [0.2, 0.25) is 0 Å². The quantitative estimate of drug-likeness (QED) is 0.683. The second-order valence-corrected chi connectivity index (χ2v) is 7.55. The van der Waals surface area contributed by atoms with Crippen LogP contribution in [-0.2, 0) is 12.7 Å². The van der Waals surface area contributed by atoms with Crippen molar-refractivity contribution in [3.63, 3.8) is 0 Å². The standard InChI is InChI=1S/C21H26F3NO/c1-14-3-5-16(6-4-14)12-25-13-18-8-10-20(26-18)19-9-7-17(11-15(19)2)21(22,23)24/h7-11,14,16,25H,3-6,12-13H2,1-2H3. The predicted molar refractivity (Wildman–Crippen MR) is 96.7 cm³/mol.